The first-order chi connectivity index (χ1) is 11.8. The van der Waals surface area contributed by atoms with Crippen molar-refractivity contribution < 1.29 is 5.11 Å². The summed E-state index contributed by atoms with van der Waals surface area (Å²) in [4.78, 5) is 2.37. The molecule has 0 unspecified atom stereocenters. The number of rotatable bonds is 9. The summed E-state index contributed by atoms with van der Waals surface area (Å²) in [6.45, 7) is 7.68. The molecule has 1 aliphatic rings. The molecule has 1 saturated carbocycles. The maximum absolute atomic E-state index is 9.52. The van der Waals surface area contributed by atoms with Crippen molar-refractivity contribution in [1.29, 1.82) is 0 Å². The van der Waals surface area contributed by atoms with Gasteiger partial charge in [-0.3, -0.25) is 4.68 Å². The summed E-state index contributed by atoms with van der Waals surface area (Å²) in [7, 11) is 6.22. The summed E-state index contributed by atoms with van der Waals surface area (Å²) in [6, 6.07) is 0. The number of aliphatic hydroxyl groups is 1. The Kier molecular flexibility index (Phi) is 7.47. The fraction of sp³-hybridized carbons (Fsp3) is 0.850. The molecule has 0 saturated heterocycles. The molecular formula is C20H38N4O. The summed E-state index contributed by atoms with van der Waals surface area (Å²) >= 11 is 0. The summed E-state index contributed by atoms with van der Waals surface area (Å²) in [5, 5.41) is 17.6. The zero-order valence-corrected chi connectivity index (χ0v) is 16.9. The molecule has 2 rings (SSSR count). The lowest BCUT2D eigenvalue weighted by Gasteiger charge is -2.33. The Bertz CT molecular complexity index is 518. The van der Waals surface area contributed by atoms with E-state index in [2.05, 4.69) is 37.3 Å². The SMILES string of the molecule is CNCCN(C)Cc1cn(C)nc1C1CCC(CC(C)(C)CO)CC1. The van der Waals surface area contributed by atoms with E-state index in [1.165, 1.54) is 36.9 Å². The molecular weight excluding hydrogens is 312 g/mol. The highest BCUT2D eigenvalue weighted by Crippen LogP contribution is 2.40. The quantitative estimate of drug-likeness (QED) is 0.719. The van der Waals surface area contributed by atoms with Crippen molar-refractivity contribution in [3.05, 3.63) is 17.5 Å². The van der Waals surface area contributed by atoms with Gasteiger partial charge in [-0.05, 0) is 57.5 Å². The van der Waals surface area contributed by atoms with Gasteiger partial charge in [0.2, 0.25) is 0 Å². The van der Waals surface area contributed by atoms with Gasteiger partial charge in [0.1, 0.15) is 0 Å². The highest BCUT2D eigenvalue weighted by atomic mass is 16.3. The van der Waals surface area contributed by atoms with E-state index in [0.717, 1.165) is 32.0 Å². The van der Waals surface area contributed by atoms with Crippen molar-refractivity contribution in [3.63, 3.8) is 0 Å². The second-order valence-corrected chi connectivity index (χ2v) is 8.80. The largest absolute Gasteiger partial charge is 0.396 e. The molecule has 0 atom stereocenters. The predicted octanol–water partition coefficient (Wildman–Crippen LogP) is 2.75. The Morgan fingerprint density at radius 2 is 2.00 bits per heavy atom. The van der Waals surface area contributed by atoms with Gasteiger partial charge in [-0.1, -0.05) is 13.8 Å². The smallest absolute Gasteiger partial charge is 0.0700 e. The van der Waals surface area contributed by atoms with Crippen LogP contribution in [-0.4, -0.2) is 53.6 Å². The Hall–Kier alpha value is -0.910. The zero-order chi connectivity index (χ0) is 18.4. The normalized spacial score (nSPS) is 21.9. The Morgan fingerprint density at radius 3 is 2.60 bits per heavy atom. The van der Waals surface area contributed by atoms with Gasteiger partial charge >= 0.3 is 0 Å². The third-order valence-electron chi connectivity index (χ3n) is 5.62. The molecule has 0 aliphatic heterocycles. The number of hydrogen-bond acceptors (Lipinski definition) is 4. The molecule has 0 aromatic carbocycles. The van der Waals surface area contributed by atoms with Crippen LogP contribution in [0.25, 0.3) is 0 Å². The topological polar surface area (TPSA) is 53.3 Å². The van der Waals surface area contributed by atoms with Gasteiger partial charge in [0.05, 0.1) is 5.69 Å². The molecule has 25 heavy (non-hydrogen) atoms. The summed E-state index contributed by atoms with van der Waals surface area (Å²) in [5.41, 5.74) is 2.77. The molecule has 0 spiro atoms. The van der Waals surface area contributed by atoms with E-state index in [4.69, 9.17) is 5.10 Å². The van der Waals surface area contributed by atoms with E-state index in [9.17, 15) is 5.11 Å². The van der Waals surface area contributed by atoms with Crippen molar-refractivity contribution >= 4 is 0 Å². The molecule has 1 aromatic rings. The molecule has 1 heterocycles. The van der Waals surface area contributed by atoms with E-state index >= 15 is 0 Å². The van der Waals surface area contributed by atoms with Gasteiger partial charge < -0.3 is 15.3 Å². The molecule has 144 valence electrons. The van der Waals surface area contributed by atoms with Crippen LogP contribution in [0.5, 0.6) is 0 Å². The van der Waals surface area contributed by atoms with Crippen molar-refractivity contribution in [2.75, 3.05) is 33.8 Å². The van der Waals surface area contributed by atoms with Gasteiger partial charge in [0.25, 0.3) is 0 Å². The number of likely N-dealkylation sites (N-methyl/N-ethyl adjacent to an activating group) is 2. The van der Waals surface area contributed by atoms with Crippen LogP contribution in [0.4, 0.5) is 0 Å². The van der Waals surface area contributed by atoms with E-state index in [0.29, 0.717) is 5.92 Å². The average molecular weight is 351 g/mol. The Morgan fingerprint density at radius 1 is 1.32 bits per heavy atom. The number of hydrogen-bond donors (Lipinski definition) is 2. The monoisotopic (exact) mass is 350 g/mol. The first kappa shape index (κ1) is 20.4. The third kappa shape index (κ3) is 6.08. The van der Waals surface area contributed by atoms with Crippen LogP contribution in [0.2, 0.25) is 0 Å². The lowest BCUT2D eigenvalue weighted by atomic mass is 9.73. The second kappa shape index (κ2) is 9.15. The Balaban J connectivity index is 1.94. The van der Waals surface area contributed by atoms with Gasteiger partial charge in [0, 0.05) is 51.0 Å². The van der Waals surface area contributed by atoms with E-state index in [-0.39, 0.29) is 12.0 Å². The minimum absolute atomic E-state index is 0.0592. The fourth-order valence-electron chi connectivity index (χ4n) is 4.18. The van der Waals surface area contributed by atoms with Crippen LogP contribution in [0.15, 0.2) is 6.20 Å². The Labute approximate surface area is 153 Å². The van der Waals surface area contributed by atoms with Crippen molar-refractivity contribution in [3.8, 4) is 0 Å². The first-order valence-electron chi connectivity index (χ1n) is 9.81. The minimum atomic E-state index is 0.0592. The van der Waals surface area contributed by atoms with Crippen LogP contribution in [0.3, 0.4) is 0 Å². The fourth-order valence-corrected chi connectivity index (χ4v) is 4.18. The number of aryl methyl sites for hydroxylation is 1. The summed E-state index contributed by atoms with van der Waals surface area (Å²) < 4.78 is 1.98. The standard InChI is InChI=1S/C20H38N4O/c1-20(2,15-25)12-16-6-8-17(9-7-16)19-18(14-24(5)22-19)13-23(4)11-10-21-3/h14,16-17,21,25H,6-13,15H2,1-5H3. The number of aromatic nitrogens is 2. The highest BCUT2D eigenvalue weighted by molar-refractivity contribution is 5.22. The van der Waals surface area contributed by atoms with Crippen LogP contribution >= 0.6 is 0 Å². The van der Waals surface area contributed by atoms with Gasteiger partial charge in [-0.15, -0.1) is 0 Å². The van der Waals surface area contributed by atoms with Crippen molar-refractivity contribution in [2.45, 2.75) is 58.4 Å². The molecule has 1 fully saturated rings. The van der Waals surface area contributed by atoms with Crippen molar-refractivity contribution in [1.82, 2.24) is 20.0 Å². The molecule has 0 radical (unpaired) electrons. The lowest BCUT2D eigenvalue weighted by molar-refractivity contribution is 0.116. The van der Waals surface area contributed by atoms with Gasteiger partial charge in [-0.2, -0.15) is 5.10 Å². The summed E-state index contributed by atoms with van der Waals surface area (Å²) in [6.07, 6.45) is 8.33. The number of aliphatic hydroxyl groups excluding tert-OH is 1. The molecule has 5 heteroatoms. The highest BCUT2D eigenvalue weighted by Gasteiger charge is 2.29. The van der Waals surface area contributed by atoms with Crippen LogP contribution in [0, 0.1) is 11.3 Å². The first-order valence-corrected chi connectivity index (χ1v) is 9.81. The van der Waals surface area contributed by atoms with Crippen LogP contribution in [-0.2, 0) is 13.6 Å². The number of nitrogens with one attached hydrogen (secondary N) is 1. The average Bonchev–Trinajstić information content (AvgIpc) is 2.93. The van der Waals surface area contributed by atoms with Crippen molar-refractivity contribution in [2.24, 2.45) is 18.4 Å². The zero-order valence-electron chi connectivity index (χ0n) is 16.9. The van der Waals surface area contributed by atoms with Gasteiger partial charge in [0.15, 0.2) is 0 Å². The van der Waals surface area contributed by atoms with E-state index in [1.807, 2.05) is 18.8 Å². The second-order valence-electron chi connectivity index (χ2n) is 8.80. The third-order valence-corrected chi connectivity index (χ3v) is 5.62. The van der Waals surface area contributed by atoms with Crippen LogP contribution < -0.4 is 5.32 Å². The number of nitrogens with zero attached hydrogens (tertiary/aromatic N) is 3. The van der Waals surface area contributed by atoms with Crippen LogP contribution in [0.1, 0.15) is 63.1 Å². The van der Waals surface area contributed by atoms with E-state index in [1.54, 1.807) is 0 Å². The molecule has 1 aliphatic carbocycles. The summed E-state index contributed by atoms with van der Waals surface area (Å²) in [5.74, 6) is 1.35. The van der Waals surface area contributed by atoms with Gasteiger partial charge in [-0.25, -0.2) is 0 Å². The molecule has 0 amide bonds. The van der Waals surface area contributed by atoms with E-state index < -0.39 is 0 Å². The predicted molar refractivity (Wildman–Crippen MR) is 104 cm³/mol. The maximum atomic E-state index is 9.52. The molecule has 0 bridgehead atoms. The molecule has 1 aromatic heterocycles. The minimum Gasteiger partial charge on any atom is -0.396 e. The maximum Gasteiger partial charge on any atom is 0.0700 e. The lowest BCUT2D eigenvalue weighted by Crippen LogP contribution is -2.27. The molecule has 5 nitrogen and oxygen atoms in total. The molecule has 2 N–H and O–H groups in total.